The van der Waals surface area contributed by atoms with E-state index in [9.17, 15) is 10.1 Å². The van der Waals surface area contributed by atoms with Crippen molar-refractivity contribution in [3.8, 4) is 28.5 Å². The summed E-state index contributed by atoms with van der Waals surface area (Å²) in [6.45, 7) is 0.463. The lowest BCUT2D eigenvalue weighted by Crippen LogP contribution is -2.17. The van der Waals surface area contributed by atoms with Crippen molar-refractivity contribution in [3.05, 3.63) is 137 Å². The molecular weight excluding hydrogens is 466 g/mol. The molecule has 5 aromatic rings. The van der Waals surface area contributed by atoms with Crippen LogP contribution in [0.1, 0.15) is 21.5 Å². The molecule has 0 bridgehead atoms. The molecule has 4 aromatic carbocycles. The average molecular weight is 488 g/mol. The summed E-state index contributed by atoms with van der Waals surface area (Å²) in [4.78, 5) is 13.4. The van der Waals surface area contributed by atoms with E-state index in [1.807, 2.05) is 95.6 Å². The summed E-state index contributed by atoms with van der Waals surface area (Å²) in [7, 11) is 0. The van der Waals surface area contributed by atoms with E-state index in [1.54, 1.807) is 24.3 Å². The van der Waals surface area contributed by atoms with Gasteiger partial charge in [0.15, 0.2) is 0 Å². The van der Waals surface area contributed by atoms with Crippen LogP contribution in [-0.2, 0) is 6.54 Å². The van der Waals surface area contributed by atoms with Crippen LogP contribution in [0.3, 0.4) is 0 Å². The van der Waals surface area contributed by atoms with E-state index in [-0.39, 0.29) is 5.91 Å². The fourth-order valence-corrected chi connectivity index (χ4v) is 4.61. The van der Waals surface area contributed by atoms with Crippen molar-refractivity contribution in [1.82, 2.24) is 4.57 Å². The molecule has 0 aliphatic heterocycles. The number of aromatic nitrogens is 1. The van der Waals surface area contributed by atoms with Crippen LogP contribution in [0.4, 0.5) is 5.82 Å². The Hall–Kier alpha value is -4.59. The smallest absolute Gasteiger partial charge is 0.258 e. The number of carbonyl (C=O) groups is 1. The number of nitrogens with one attached hydrogen (secondary N) is 1. The number of nitriles is 1. The topological polar surface area (TPSA) is 57.8 Å². The third kappa shape index (κ3) is 4.53. The van der Waals surface area contributed by atoms with E-state index < -0.39 is 0 Å². The molecule has 0 radical (unpaired) electrons. The maximum absolute atomic E-state index is 13.4. The highest BCUT2D eigenvalue weighted by Crippen LogP contribution is 2.42. The first-order valence-corrected chi connectivity index (χ1v) is 11.9. The zero-order valence-electron chi connectivity index (χ0n) is 19.4. The molecule has 0 aliphatic carbocycles. The van der Waals surface area contributed by atoms with Crippen LogP contribution >= 0.6 is 11.6 Å². The second-order valence-corrected chi connectivity index (χ2v) is 8.70. The maximum atomic E-state index is 13.4. The van der Waals surface area contributed by atoms with E-state index in [0.717, 1.165) is 27.9 Å². The molecule has 174 valence electrons. The molecule has 0 fully saturated rings. The van der Waals surface area contributed by atoms with E-state index in [1.165, 1.54) is 0 Å². The molecule has 1 aromatic heterocycles. The zero-order valence-corrected chi connectivity index (χ0v) is 20.1. The molecule has 0 atom stereocenters. The zero-order chi connectivity index (χ0) is 24.9. The summed E-state index contributed by atoms with van der Waals surface area (Å²) in [5, 5.41) is 13.8. The summed E-state index contributed by atoms with van der Waals surface area (Å²) in [5.41, 5.74) is 5.26. The standard InChI is InChI=1S/C31H22ClN3O/c32-27-19-11-10-18-25(27)31(36)34-30-26(20-33)28(23-14-6-2-7-15-23)29(24-16-8-3-9-17-24)35(30)21-22-12-4-1-5-13-22/h1-19H,21H2,(H,34,36). The molecule has 0 saturated heterocycles. The van der Waals surface area contributed by atoms with Crippen LogP contribution in [0.25, 0.3) is 22.4 Å². The van der Waals surface area contributed by atoms with E-state index in [4.69, 9.17) is 11.6 Å². The first-order chi connectivity index (χ1) is 17.7. The summed E-state index contributed by atoms with van der Waals surface area (Å²) in [6.07, 6.45) is 0. The number of nitrogens with zero attached hydrogens (tertiary/aromatic N) is 2. The Labute approximate surface area is 215 Å². The molecule has 1 N–H and O–H groups in total. The molecule has 0 spiro atoms. The van der Waals surface area contributed by atoms with Crippen molar-refractivity contribution in [2.24, 2.45) is 0 Å². The Morgan fingerprint density at radius 3 is 1.94 bits per heavy atom. The predicted molar refractivity (Wildman–Crippen MR) is 145 cm³/mol. The van der Waals surface area contributed by atoms with Gasteiger partial charge in [-0.15, -0.1) is 0 Å². The predicted octanol–water partition coefficient (Wildman–Crippen LogP) is 7.65. The highest BCUT2D eigenvalue weighted by Gasteiger charge is 2.27. The van der Waals surface area contributed by atoms with Gasteiger partial charge in [0, 0.05) is 12.1 Å². The van der Waals surface area contributed by atoms with Gasteiger partial charge in [0.2, 0.25) is 0 Å². The highest BCUT2D eigenvalue weighted by molar-refractivity contribution is 6.34. The number of benzene rings is 4. The van der Waals surface area contributed by atoms with Crippen molar-refractivity contribution in [3.63, 3.8) is 0 Å². The van der Waals surface area contributed by atoms with Crippen LogP contribution in [0.5, 0.6) is 0 Å². The summed E-state index contributed by atoms with van der Waals surface area (Å²) in [5.74, 6) is 0.0621. The lowest BCUT2D eigenvalue weighted by molar-refractivity contribution is 0.102. The van der Waals surface area contributed by atoms with Crippen molar-refractivity contribution in [1.29, 1.82) is 5.26 Å². The van der Waals surface area contributed by atoms with Crippen LogP contribution in [0, 0.1) is 11.3 Å². The molecule has 5 heteroatoms. The van der Waals surface area contributed by atoms with Crippen LogP contribution < -0.4 is 5.32 Å². The van der Waals surface area contributed by atoms with Crippen molar-refractivity contribution >= 4 is 23.3 Å². The van der Waals surface area contributed by atoms with E-state index >= 15 is 0 Å². The van der Waals surface area contributed by atoms with E-state index in [2.05, 4.69) is 11.4 Å². The van der Waals surface area contributed by atoms with Gasteiger partial charge in [0.1, 0.15) is 17.5 Å². The van der Waals surface area contributed by atoms with Gasteiger partial charge in [-0.1, -0.05) is 115 Å². The number of amides is 1. The molecule has 0 unspecified atom stereocenters. The molecule has 0 aliphatic rings. The molecule has 1 heterocycles. The van der Waals surface area contributed by atoms with Gasteiger partial charge in [-0.3, -0.25) is 4.79 Å². The number of carbonyl (C=O) groups excluding carboxylic acids is 1. The Kier molecular flexibility index (Phi) is 6.66. The Balaban J connectivity index is 1.78. The Morgan fingerprint density at radius 1 is 0.778 bits per heavy atom. The average Bonchev–Trinajstić information content (AvgIpc) is 3.23. The fraction of sp³-hybridized carbons (Fsp3) is 0.0323. The maximum Gasteiger partial charge on any atom is 0.258 e. The SMILES string of the molecule is N#Cc1c(-c2ccccc2)c(-c2ccccc2)n(Cc2ccccc2)c1NC(=O)c1ccccc1Cl. The van der Waals surface area contributed by atoms with Crippen LogP contribution in [0.15, 0.2) is 115 Å². The molecule has 1 amide bonds. The first-order valence-electron chi connectivity index (χ1n) is 11.5. The molecule has 0 saturated carbocycles. The minimum atomic E-state index is -0.372. The third-order valence-corrected chi connectivity index (χ3v) is 6.35. The van der Waals surface area contributed by atoms with Gasteiger partial charge in [-0.25, -0.2) is 0 Å². The van der Waals surface area contributed by atoms with Gasteiger partial charge in [0.25, 0.3) is 5.91 Å². The number of anilines is 1. The Bertz CT molecular complexity index is 1550. The normalized spacial score (nSPS) is 10.6. The van der Waals surface area contributed by atoms with Crippen molar-refractivity contribution < 1.29 is 4.79 Å². The molecule has 4 nitrogen and oxygen atoms in total. The monoisotopic (exact) mass is 487 g/mol. The summed E-state index contributed by atoms with van der Waals surface area (Å²) < 4.78 is 2.01. The molecule has 5 rings (SSSR count). The summed E-state index contributed by atoms with van der Waals surface area (Å²) >= 11 is 6.32. The minimum absolute atomic E-state index is 0.345. The van der Waals surface area contributed by atoms with Gasteiger partial charge in [-0.05, 0) is 28.8 Å². The summed E-state index contributed by atoms with van der Waals surface area (Å²) in [6, 6.07) is 39.0. The van der Waals surface area contributed by atoms with Gasteiger partial charge in [-0.2, -0.15) is 5.26 Å². The molecule has 36 heavy (non-hydrogen) atoms. The number of halogens is 1. The lowest BCUT2D eigenvalue weighted by atomic mass is 9.98. The van der Waals surface area contributed by atoms with Gasteiger partial charge >= 0.3 is 0 Å². The van der Waals surface area contributed by atoms with E-state index in [0.29, 0.717) is 28.5 Å². The highest BCUT2D eigenvalue weighted by atomic mass is 35.5. The number of rotatable bonds is 6. The largest absolute Gasteiger partial charge is 0.321 e. The quantitative estimate of drug-likeness (QED) is 0.267. The van der Waals surface area contributed by atoms with Crippen LogP contribution in [-0.4, -0.2) is 10.5 Å². The second kappa shape index (κ2) is 10.4. The van der Waals surface area contributed by atoms with Crippen LogP contribution in [0.2, 0.25) is 5.02 Å². The second-order valence-electron chi connectivity index (χ2n) is 8.30. The molecular formula is C31H22ClN3O. The van der Waals surface area contributed by atoms with Gasteiger partial charge < -0.3 is 9.88 Å². The number of hydrogen-bond acceptors (Lipinski definition) is 2. The van der Waals surface area contributed by atoms with Crippen molar-refractivity contribution in [2.45, 2.75) is 6.54 Å². The minimum Gasteiger partial charge on any atom is -0.321 e. The van der Waals surface area contributed by atoms with Crippen molar-refractivity contribution in [2.75, 3.05) is 5.32 Å². The lowest BCUT2D eigenvalue weighted by Gasteiger charge is -2.16. The Morgan fingerprint density at radius 2 is 1.33 bits per heavy atom. The first kappa shape index (κ1) is 23.2. The van der Waals surface area contributed by atoms with Gasteiger partial charge in [0.05, 0.1) is 16.3 Å². The number of hydrogen-bond donors (Lipinski definition) is 1. The fourth-order valence-electron chi connectivity index (χ4n) is 4.38. The third-order valence-electron chi connectivity index (χ3n) is 6.02.